The Labute approximate surface area is 54.9 Å². The monoisotopic (exact) mass is 131 g/mol. The third-order valence-electron chi connectivity index (χ3n) is 1.84. The Morgan fingerprint density at radius 2 is 2.22 bits per heavy atom. The highest BCUT2D eigenvalue weighted by Gasteiger charge is 2.28. The van der Waals surface area contributed by atoms with Crippen LogP contribution < -0.4 is 0 Å². The number of hydrogen-bond donors (Lipinski definition) is 2. The fourth-order valence-electron chi connectivity index (χ4n) is 1.17. The molecule has 9 heavy (non-hydrogen) atoms. The lowest BCUT2D eigenvalue weighted by molar-refractivity contribution is -0.0333. The first-order chi connectivity index (χ1) is 4.25. The molecule has 0 aromatic rings. The van der Waals surface area contributed by atoms with Crippen molar-refractivity contribution in [2.45, 2.75) is 25.7 Å². The molecule has 1 heterocycles. The minimum absolute atomic E-state index is 0.523. The zero-order valence-corrected chi connectivity index (χ0v) is 5.62. The Morgan fingerprint density at radius 3 is 2.44 bits per heavy atom. The lowest BCUT2D eigenvalue weighted by Gasteiger charge is -2.18. The molecule has 1 aliphatic heterocycles. The number of aliphatic hydroxyl groups is 2. The topological polar surface area (TPSA) is 43.7 Å². The van der Waals surface area contributed by atoms with E-state index in [2.05, 4.69) is 0 Å². The third-order valence-corrected chi connectivity index (χ3v) is 1.84. The third kappa shape index (κ3) is 1.23. The van der Waals surface area contributed by atoms with Crippen molar-refractivity contribution in [2.24, 2.45) is 0 Å². The lowest BCUT2D eigenvalue weighted by Crippen LogP contribution is -2.34. The van der Waals surface area contributed by atoms with Crippen molar-refractivity contribution in [1.82, 2.24) is 4.90 Å². The molecule has 0 aromatic carbocycles. The molecule has 2 N–H and O–H groups in total. The van der Waals surface area contributed by atoms with Crippen LogP contribution in [0.15, 0.2) is 0 Å². The van der Waals surface area contributed by atoms with Crippen LogP contribution in [0.4, 0.5) is 0 Å². The zero-order valence-electron chi connectivity index (χ0n) is 5.62. The van der Waals surface area contributed by atoms with Crippen LogP contribution in [0.5, 0.6) is 0 Å². The van der Waals surface area contributed by atoms with Crippen molar-refractivity contribution in [3.05, 3.63) is 0 Å². The number of nitrogens with zero attached hydrogens (tertiary/aromatic N) is 1. The Morgan fingerprint density at radius 1 is 1.56 bits per heavy atom. The van der Waals surface area contributed by atoms with Gasteiger partial charge in [0.05, 0.1) is 6.10 Å². The average molecular weight is 131 g/mol. The molecule has 54 valence electrons. The number of rotatable bonds is 1. The first-order valence-electron chi connectivity index (χ1n) is 3.36. The van der Waals surface area contributed by atoms with Crippen molar-refractivity contribution >= 4 is 0 Å². The van der Waals surface area contributed by atoms with Gasteiger partial charge in [-0.3, -0.25) is 4.90 Å². The molecule has 3 nitrogen and oxygen atoms in total. The number of likely N-dealkylation sites (tertiary alicyclic amines) is 1. The highest BCUT2D eigenvalue weighted by molar-refractivity contribution is 4.77. The van der Waals surface area contributed by atoms with Crippen LogP contribution in [0.3, 0.4) is 0 Å². The predicted octanol–water partition coefficient (Wildman–Crippen LogP) is -0.609. The van der Waals surface area contributed by atoms with E-state index in [0.717, 1.165) is 13.1 Å². The van der Waals surface area contributed by atoms with Gasteiger partial charge in [0.1, 0.15) is 6.23 Å². The van der Waals surface area contributed by atoms with E-state index in [9.17, 15) is 0 Å². The number of hydrogen-bond acceptors (Lipinski definition) is 3. The van der Waals surface area contributed by atoms with E-state index >= 15 is 0 Å². The summed E-state index contributed by atoms with van der Waals surface area (Å²) in [6, 6.07) is 0. The van der Waals surface area contributed by atoms with Gasteiger partial charge in [-0.05, 0) is 13.0 Å². The zero-order chi connectivity index (χ0) is 6.85. The maximum absolute atomic E-state index is 9.13. The molecule has 0 bridgehead atoms. The maximum atomic E-state index is 9.13. The standard InChI is InChI=1S/C6H13NO2/c1-2-7-4-3-5(8)6(7)9/h5-6,8-9H,2-4H2,1H3. The number of likely N-dealkylation sites (N-methyl/N-ethyl adjacent to an activating group) is 1. The molecule has 2 atom stereocenters. The fraction of sp³-hybridized carbons (Fsp3) is 1.00. The second-order valence-electron chi connectivity index (χ2n) is 2.40. The summed E-state index contributed by atoms with van der Waals surface area (Å²) in [6.07, 6.45) is -0.436. The van der Waals surface area contributed by atoms with Crippen molar-refractivity contribution in [3.8, 4) is 0 Å². The minimum atomic E-state index is -0.616. The van der Waals surface area contributed by atoms with Crippen molar-refractivity contribution < 1.29 is 10.2 Å². The SMILES string of the molecule is CCN1CCC(O)C1O. The van der Waals surface area contributed by atoms with E-state index in [1.165, 1.54) is 0 Å². The first-order valence-corrected chi connectivity index (χ1v) is 3.36. The summed E-state index contributed by atoms with van der Waals surface area (Å²) in [6.45, 7) is 3.61. The highest BCUT2D eigenvalue weighted by atomic mass is 16.3. The van der Waals surface area contributed by atoms with Crippen LogP contribution in [-0.4, -0.2) is 40.5 Å². The van der Waals surface area contributed by atoms with E-state index in [1.54, 1.807) is 0 Å². The molecule has 0 radical (unpaired) electrons. The van der Waals surface area contributed by atoms with E-state index in [1.807, 2.05) is 11.8 Å². The molecule has 0 spiro atoms. The average Bonchev–Trinajstić information content (AvgIpc) is 2.15. The highest BCUT2D eigenvalue weighted by Crippen LogP contribution is 2.13. The summed E-state index contributed by atoms with van der Waals surface area (Å²) in [5, 5.41) is 18.1. The van der Waals surface area contributed by atoms with E-state index in [4.69, 9.17) is 10.2 Å². The van der Waals surface area contributed by atoms with Gasteiger partial charge < -0.3 is 10.2 Å². The van der Waals surface area contributed by atoms with Gasteiger partial charge in [0.15, 0.2) is 0 Å². The largest absolute Gasteiger partial charge is 0.389 e. The van der Waals surface area contributed by atoms with Gasteiger partial charge in [0, 0.05) is 6.54 Å². The molecule has 0 aromatic heterocycles. The Balaban J connectivity index is 2.41. The van der Waals surface area contributed by atoms with Crippen LogP contribution in [0.2, 0.25) is 0 Å². The van der Waals surface area contributed by atoms with Crippen LogP contribution in [0.25, 0.3) is 0 Å². The van der Waals surface area contributed by atoms with Crippen molar-refractivity contribution in [3.63, 3.8) is 0 Å². The maximum Gasteiger partial charge on any atom is 0.133 e. The summed E-state index contributed by atoms with van der Waals surface area (Å²) in [4.78, 5) is 1.85. The minimum Gasteiger partial charge on any atom is -0.389 e. The predicted molar refractivity (Wildman–Crippen MR) is 33.9 cm³/mol. The Bertz CT molecular complexity index is 97.1. The van der Waals surface area contributed by atoms with Gasteiger partial charge in [0.2, 0.25) is 0 Å². The second kappa shape index (κ2) is 2.64. The molecule has 0 aliphatic carbocycles. The van der Waals surface area contributed by atoms with Gasteiger partial charge >= 0.3 is 0 Å². The fourth-order valence-corrected chi connectivity index (χ4v) is 1.17. The molecule has 0 amide bonds. The summed E-state index contributed by atoms with van der Waals surface area (Å²) in [7, 11) is 0. The lowest BCUT2D eigenvalue weighted by atomic mass is 10.3. The normalized spacial score (nSPS) is 37.7. The molecule has 1 saturated heterocycles. The quantitative estimate of drug-likeness (QED) is 0.499. The van der Waals surface area contributed by atoms with Gasteiger partial charge in [-0.1, -0.05) is 6.92 Å². The molecule has 2 unspecified atom stereocenters. The molecule has 0 saturated carbocycles. The van der Waals surface area contributed by atoms with Gasteiger partial charge in [0.25, 0.3) is 0 Å². The molecular weight excluding hydrogens is 118 g/mol. The number of aliphatic hydroxyl groups excluding tert-OH is 2. The summed E-state index contributed by atoms with van der Waals surface area (Å²) >= 11 is 0. The summed E-state index contributed by atoms with van der Waals surface area (Å²) in [5.74, 6) is 0. The van der Waals surface area contributed by atoms with Gasteiger partial charge in [-0.15, -0.1) is 0 Å². The van der Waals surface area contributed by atoms with E-state index in [-0.39, 0.29) is 0 Å². The molecule has 1 fully saturated rings. The molecule has 3 heteroatoms. The van der Waals surface area contributed by atoms with Crippen molar-refractivity contribution in [2.75, 3.05) is 13.1 Å². The van der Waals surface area contributed by atoms with Crippen LogP contribution in [0, 0.1) is 0 Å². The smallest absolute Gasteiger partial charge is 0.133 e. The second-order valence-corrected chi connectivity index (χ2v) is 2.40. The summed E-state index contributed by atoms with van der Waals surface area (Å²) < 4.78 is 0. The molecule has 1 rings (SSSR count). The van der Waals surface area contributed by atoms with Crippen molar-refractivity contribution in [1.29, 1.82) is 0 Å². The molecule has 1 aliphatic rings. The van der Waals surface area contributed by atoms with Crippen LogP contribution in [0.1, 0.15) is 13.3 Å². The Hall–Kier alpha value is -0.120. The van der Waals surface area contributed by atoms with E-state index < -0.39 is 12.3 Å². The summed E-state index contributed by atoms with van der Waals surface area (Å²) in [5.41, 5.74) is 0. The Kier molecular flexibility index (Phi) is 2.05. The van der Waals surface area contributed by atoms with Gasteiger partial charge in [-0.2, -0.15) is 0 Å². The molecular formula is C6H13NO2. The van der Waals surface area contributed by atoms with E-state index in [0.29, 0.717) is 6.42 Å². The van der Waals surface area contributed by atoms with Gasteiger partial charge in [-0.25, -0.2) is 0 Å². The first kappa shape index (κ1) is 6.99. The van der Waals surface area contributed by atoms with Crippen LogP contribution in [-0.2, 0) is 0 Å². The van der Waals surface area contributed by atoms with Crippen LogP contribution >= 0.6 is 0 Å².